The normalized spacial score (nSPS) is 12.2. The molecule has 1 unspecified atom stereocenters. The molecule has 0 bridgehead atoms. The van der Waals surface area contributed by atoms with Gasteiger partial charge in [-0.1, -0.05) is 49.5 Å². The lowest BCUT2D eigenvalue weighted by Crippen LogP contribution is -2.15. The monoisotopic (exact) mass is 403 g/mol. The average Bonchev–Trinajstić information content (AvgIpc) is 2.39. The highest BCUT2D eigenvalue weighted by Gasteiger charge is 2.14. The number of benzene rings is 2. The van der Waals surface area contributed by atoms with E-state index in [0.717, 1.165) is 20.2 Å². The molecule has 2 rings (SSSR count). The van der Waals surface area contributed by atoms with Crippen molar-refractivity contribution in [2.75, 3.05) is 11.9 Å². The van der Waals surface area contributed by atoms with Gasteiger partial charge in [0.05, 0.1) is 12.6 Å². The van der Waals surface area contributed by atoms with Gasteiger partial charge in [0.15, 0.2) is 0 Å². The number of anilines is 1. The van der Waals surface area contributed by atoms with E-state index in [9.17, 15) is 5.11 Å². The Kier molecular flexibility index (Phi) is 5.28. The van der Waals surface area contributed by atoms with Crippen LogP contribution >= 0.6 is 43.5 Å². The topological polar surface area (TPSA) is 32.3 Å². The Morgan fingerprint density at radius 3 is 2.26 bits per heavy atom. The summed E-state index contributed by atoms with van der Waals surface area (Å²) in [7, 11) is 0. The summed E-state index contributed by atoms with van der Waals surface area (Å²) in [6.45, 7) is -0.0303. The highest BCUT2D eigenvalue weighted by Crippen LogP contribution is 2.29. The van der Waals surface area contributed by atoms with E-state index in [0.29, 0.717) is 5.02 Å². The zero-order chi connectivity index (χ0) is 13.8. The van der Waals surface area contributed by atoms with E-state index >= 15 is 0 Å². The fourth-order valence-corrected chi connectivity index (χ4v) is 2.82. The third-order valence-corrected chi connectivity index (χ3v) is 4.05. The van der Waals surface area contributed by atoms with Gasteiger partial charge in [0.2, 0.25) is 0 Å². The van der Waals surface area contributed by atoms with Crippen LogP contribution in [0.15, 0.2) is 51.4 Å². The Labute approximate surface area is 134 Å². The van der Waals surface area contributed by atoms with Crippen molar-refractivity contribution < 1.29 is 5.11 Å². The van der Waals surface area contributed by atoms with Gasteiger partial charge in [0.1, 0.15) is 0 Å². The van der Waals surface area contributed by atoms with Crippen molar-refractivity contribution in [2.24, 2.45) is 0 Å². The molecule has 0 radical (unpaired) electrons. The largest absolute Gasteiger partial charge is 0.394 e. The molecule has 0 aliphatic heterocycles. The molecule has 0 aliphatic rings. The number of aliphatic hydroxyl groups excluding tert-OH is 1. The summed E-state index contributed by atoms with van der Waals surface area (Å²) in [5.74, 6) is 0. The van der Waals surface area contributed by atoms with Crippen molar-refractivity contribution in [3.63, 3.8) is 0 Å². The van der Waals surface area contributed by atoms with Crippen LogP contribution < -0.4 is 5.32 Å². The van der Waals surface area contributed by atoms with Gasteiger partial charge in [-0.05, 0) is 42.0 Å². The Morgan fingerprint density at radius 1 is 1.05 bits per heavy atom. The van der Waals surface area contributed by atoms with Gasteiger partial charge in [-0.25, -0.2) is 0 Å². The highest BCUT2D eigenvalue weighted by molar-refractivity contribution is 9.10. The maximum absolute atomic E-state index is 9.55. The lowest BCUT2D eigenvalue weighted by atomic mass is 10.1. The minimum atomic E-state index is -0.234. The molecular weight excluding hydrogens is 393 g/mol. The smallest absolute Gasteiger partial charge is 0.0759 e. The van der Waals surface area contributed by atoms with Gasteiger partial charge in [0, 0.05) is 19.7 Å². The zero-order valence-corrected chi connectivity index (χ0v) is 13.8. The predicted octanol–water partition coefficient (Wildman–Crippen LogP) is 5.01. The summed E-state index contributed by atoms with van der Waals surface area (Å²) in [4.78, 5) is 0. The van der Waals surface area contributed by atoms with Gasteiger partial charge in [-0.3, -0.25) is 0 Å². The molecule has 2 N–H and O–H groups in total. The molecule has 5 heteroatoms. The van der Waals surface area contributed by atoms with Crippen LogP contribution in [0, 0.1) is 0 Å². The molecule has 2 aromatic carbocycles. The molecule has 0 saturated carbocycles. The van der Waals surface area contributed by atoms with Gasteiger partial charge in [-0.2, -0.15) is 0 Å². The number of hydrogen-bond acceptors (Lipinski definition) is 2. The van der Waals surface area contributed by atoms with Crippen molar-refractivity contribution >= 4 is 49.1 Å². The van der Waals surface area contributed by atoms with Crippen LogP contribution in [0.1, 0.15) is 11.6 Å². The number of nitrogens with one attached hydrogen (secondary N) is 1. The highest BCUT2D eigenvalue weighted by atomic mass is 79.9. The standard InChI is InChI=1S/C14H12Br2ClNO/c15-9-1-4-11(5-2-9)18-14(8-19)12-6-3-10(16)7-13(12)17/h1-7,14,18-19H,8H2. The van der Waals surface area contributed by atoms with Gasteiger partial charge in [0.25, 0.3) is 0 Å². The molecule has 0 amide bonds. The molecule has 0 spiro atoms. The first-order valence-electron chi connectivity index (χ1n) is 5.68. The maximum atomic E-state index is 9.55. The van der Waals surface area contributed by atoms with Gasteiger partial charge >= 0.3 is 0 Å². The molecule has 0 heterocycles. The number of rotatable bonds is 4. The van der Waals surface area contributed by atoms with Crippen LogP contribution in [0.25, 0.3) is 0 Å². The lowest BCUT2D eigenvalue weighted by Gasteiger charge is -2.19. The number of halogens is 3. The first-order chi connectivity index (χ1) is 9.10. The minimum absolute atomic E-state index is 0.0303. The van der Waals surface area contributed by atoms with Crippen LogP contribution in [-0.2, 0) is 0 Å². The Hall–Kier alpha value is -0.550. The van der Waals surface area contributed by atoms with Crippen molar-refractivity contribution in [1.29, 1.82) is 0 Å². The molecule has 0 aliphatic carbocycles. The van der Waals surface area contributed by atoms with Gasteiger partial charge < -0.3 is 10.4 Å². The third-order valence-electron chi connectivity index (χ3n) is 2.71. The van der Waals surface area contributed by atoms with E-state index in [1.54, 1.807) is 0 Å². The second-order valence-corrected chi connectivity index (χ2v) is 6.29. The quantitative estimate of drug-likeness (QED) is 0.749. The van der Waals surface area contributed by atoms with Crippen molar-refractivity contribution in [3.8, 4) is 0 Å². The molecule has 0 aromatic heterocycles. The summed E-state index contributed by atoms with van der Waals surface area (Å²) in [5, 5.41) is 13.4. The molecule has 0 saturated heterocycles. The minimum Gasteiger partial charge on any atom is -0.394 e. The van der Waals surface area contributed by atoms with E-state index in [-0.39, 0.29) is 12.6 Å². The molecule has 1 atom stereocenters. The van der Waals surface area contributed by atoms with Crippen LogP contribution in [0.2, 0.25) is 5.02 Å². The number of hydrogen-bond donors (Lipinski definition) is 2. The fourth-order valence-electron chi connectivity index (χ4n) is 1.75. The SMILES string of the molecule is OCC(Nc1ccc(Br)cc1)c1ccc(Br)cc1Cl. The lowest BCUT2D eigenvalue weighted by molar-refractivity contribution is 0.276. The molecule has 19 heavy (non-hydrogen) atoms. The average molecular weight is 406 g/mol. The Bertz CT molecular complexity index is 560. The molecule has 100 valence electrons. The van der Waals surface area contributed by atoms with E-state index < -0.39 is 0 Å². The Balaban J connectivity index is 2.22. The summed E-state index contributed by atoms with van der Waals surface area (Å²) in [6.07, 6.45) is 0. The second-order valence-electron chi connectivity index (χ2n) is 4.05. The first kappa shape index (κ1) is 14.9. The summed E-state index contributed by atoms with van der Waals surface area (Å²) in [6, 6.07) is 13.2. The summed E-state index contributed by atoms with van der Waals surface area (Å²) >= 11 is 13.0. The van der Waals surface area contributed by atoms with E-state index in [1.165, 1.54) is 0 Å². The first-order valence-corrected chi connectivity index (χ1v) is 7.64. The van der Waals surface area contributed by atoms with Crippen molar-refractivity contribution in [3.05, 3.63) is 62.0 Å². The van der Waals surface area contributed by atoms with Crippen LogP contribution in [0.5, 0.6) is 0 Å². The van der Waals surface area contributed by atoms with Gasteiger partial charge in [-0.15, -0.1) is 0 Å². The molecule has 0 fully saturated rings. The molecule has 2 nitrogen and oxygen atoms in total. The second kappa shape index (κ2) is 6.75. The summed E-state index contributed by atoms with van der Waals surface area (Å²) in [5.41, 5.74) is 1.80. The van der Waals surface area contributed by atoms with Crippen molar-refractivity contribution in [2.45, 2.75) is 6.04 Å². The maximum Gasteiger partial charge on any atom is 0.0759 e. The van der Waals surface area contributed by atoms with Crippen LogP contribution in [0.3, 0.4) is 0 Å². The van der Waals surface area contributed by atoms with Crippen LogP contribution in [0.4, 0.5) is 5.69 Å². The van der Waals surface area contributed by atoms with E-state index in [1.807, 2.05) is 42.5 Å². The Morgan fingerprint density at radius 2 is 1.68 bits per heavy atom. The van der Waals surface area contributed by atoms with Crippen LogP contribution in [-0.4, -0.2) is 11.7 Å². The zero-order valence-electron chi connectivity index (χ0n) is 9.91. The molecule has 2 aromatic rings. The number of aliphatic hydroxyl groups is 1. The van der Waals surface area contributed by atoms with Crippen molar-refractivity contribution in [1.82, 2.24) is 0 Å². The van der Waals surface area contributed by atoms with E-state index in [2.05, 4.69) is 37.2 Å². The third kappa shape index (κ3) is 3.96. The predicted molar refractivity (Wildman–Crippen MR) is 86.7 cm³/mol. The van der Waals surface area contributed by atoms with E-state index in [4.69, 9.17) is 11.6 Å². The fraction of sp³-hybridized carbons (Fsp3) is 0.143. The molecular formula is C14H12Br2ClNO. The summed E-state index contributed by atoms with van der Waals surface area (Å²) < 4.78 is 1.93.